The van der Waals surface area contributed by atoms with E-state index in [2.05, 4.69) is 0 Å². The van der Waals surface area contributed by atoms with E-state index in [0.29, 0.717) is 5.69 Å². The average molecular weight is 255 g/mol. The molecule has 0 radical (unpaired) electrons. The number of nitrogens with two attached hydrogens (primary N) is 1. The zero-order valence-corrected chi connectivity index (χ0v) is 10.2. The smallest absolute Gasteiger partial charge is 0.450 e. The van der Waals surface area contributed by atoms with Crippen molar-refractivity contribution in [2.75, 3.05) is 12.3 Å². The molecule has 0 spiro atoms. The van der Waals surface area contributed by atoms with Crippen molar-refractivity contribution in [1.29, 1.82) is 0 Å². The van der Waals surface area contributed by atoms with E-state index in [9.17, 15) is 4.79 Å². The van der Waals surface area contributed by atoms with E-state index in [1.165, 1.54) is 0 Å². The molecule has 0 fully saturated rings. The van der Waals surface area contributed by atoms with Gasteiger partial charge in [0.1, 0.15) is 6.61 Å². The molecular formula is C15H13NO3. The van der Waals surface area contributed by atoms with Crippen LogP contribution in [-0.2, 0) is 4.74 Å². The SMILES string of the molecule is Nc1ccc2c(c1)C(COC(=O)O)c1ccccc1-2. The molecule has 0 aromatic heterocycles. The molecule has 3 rings (SSSR count). The molecule has 1 aliphatic carbocycles. The molecule has 0 saturated heterocycles. The van der Waals surface area contributed by atoms with Crippen molar-refractivity contribution in [1.82, 2.24) is 0 Å². The number of hydrogen-bond acceptors (Lipinski definition) is 3. The van der Waals surface area contributed by atoms with Gasteiger partial charge in [-0.1, -0.05) is 30.3 Å². The van der Waals surface area contributed by atoms with E-state index >= 15 is 0 Å². The summed E-state index contributed by atoms with van der Waals surface area (Å²) >= 11 is 0. The highest BCUT2D eigenvalue weighted by Crippen LogP contribution is 2.45. The van der Waals surface area contributed by atoms with Gasteiger partial charge in [-0.3, -0.25) is 0 Å². The van der Waals surface area contributed by atoms with Gasteiger partial charge < -0.3 is 15.6 Å². The van der Waals surface area contributed by atoms with Crippen LogP contribution in [0.1, 0.15) is 17.0 Å². The minimum Gasteiger partial charge on any atom is -0.450 e. The third-order valence-corrected chi connectivity index (χ3v) is 3.45. The highest BCUT2D eigenvalue weighted by atomic mass is 16.7. The Morgan fingerprint density at radius 2 is 1.89 bits per heavy atom. The van der Waals surface area contributed by atoms with E-state index in [1.807, 2.05) is 42.5 Å². The Balaban J connectivity index is 2.09. The highest BCUT2D eigenvalue weighted by Gasteiger charge is 2.29. The minimum atomic E-state index is -1.25. The van der Waals surface area contributed by atoms with Crippen LogP contribution in [-0.4, -0.2) is 17.9 Å². The number of carboxylic acid groups (broad SMARTS) is 1. The second kappa shape index (κ2) is 4.31. The summed E-state index contributed by atoms with van der Waals surface area (Å²) in [4.78, 5) is 10.6. The molecule has 2 aromatic rings. The lowest BCUT2D eigenvalue weighted by molar-refractivity contribution is 0.0891. The maximum absolute atomic E-state index is 10.6. The molecule has 3 N–H and O–H groups in total. The highest BCUT2D eigenvalue weighted by molar-refractivity contribution is 5.80. The predicted molar refractivity (Wildman–Crippen MR) is 72.1 cm³/mol. The first-order valence-corrected chi connectivity index (χ1v) is 6.01. The Morgan fingerprint density at radius 1 is 1.16 bits per heavy atom. The lowest BCUT2D eigenvalue weighted by atomic mass is 9.98. The van der Waals surface area contributed by atoms with Crippen LogP contribution >= 0.6 is 0 Å². The van der Waals surface area contributed by atoms with Crippen LogP contribution in [0.4, 0.5) is 10.5 Å². The molecule has 0 heterocycles. The van der Waals surface area contributed by atoms with Crippen molar-refractivity contribution < 1.29 is 14.6 Å². The van der Waals surface area contributed by atoms with E-state index < -0.39 is 6.16 Å². The third-order valence-electron chi connectivity index (χ3n) is 3.45. The summed E-state index contributed by atoms with van der Waals surface area (Å²) in [5.74, 6) is -0.0780. The summed E-state index contributed by atoms with van der Waals surface area (Å²) in [7, 11) is 0. The summed E-state index contributed by atoms with van der Waals surface area (Å²) in [6.45, 7) is 0.114. The molecule has 0 aliphatic heterocycles. The molecule has 1 atom stereocenters. The molecule has 96 valence electrons. The van der Waals surface area contributed by atoms with Gasteiger partial charge in [-0.15, -0.1) is 0 Å². The van der Waals surface area contributed by atoms with Gasteiger partial charge in [0.15, 0.2) is 0 Å². The average Bonchev–Trinajstić information content (AvgIpc) is 2.69. The van der Waals surface area contributed by atoms with Gasteiger partial charge in [0.25, 0.3) is 0 Å². The fourth-order valence-corrected chi connectivity index (χ4v) is 2.66. The Labute approximate surface area is 110 Å². The van der Waals surface area contributed by atoms with Crippen LogP contribution in [0.5, 0.6) is 0 Å². The van der Waals surface area contributed by atoms with Crippen molar-refractivity contribution in [3.8, 4) is 11.1 Å². The maximum Gasteiger partial charge on any atom is 0.505 e. The lowest BCUT2D eigenvalue weighted by Crippen LogP contribution is -2.10. The number of rotatable bonds is 2. The van der Waals surface area contributed by atoms with Gasteiger partial charge in [-0.2, -0.15) is 0 Å². The minimum absolute atomic E-state index is 0.0780. The molecule has 0 saturated carbocycles. The standard InChI is InChI=1S/C15H13NO3/c16-9-5-6-12-10-3-1-2-4-11(10)14(13(12)7-9)8-19-15(17)18/h1-7,14H,8,16H2,(H,17,18). The number of carbonyl (C=O) groups is 1. The zero-order chi connectivity index (χ0) is 13.4. The van der Waals surface area contributed by atoms with Gasteiger partial charge in [-0.05, 0) is 34.4 Å². The fraction of sp³-hybridized carbons (Fsp3) is 0.133. The van der Waals surface area contributed by atoms with Gasteiger partial charge in [0.05, 0.1) is 0 Å². The second-order valence-electron chi connectivity index (χ2n) is 4.56. The van der Waals surface area contributed by atoms with Crippen molar-refractivity contribution in [2.45, 2.75) is 5.92 Å². The number of ether oxygens (including phenoxy) is 1. The summed E-state index contributed by atoms with van der Waals surface area (Å²) in [5, 5.41) is 8.68. The van der Waals surface area contributed by atoms with Crippen LogP contribution in [0.2, 0.25) is 0 Å². The number of anilines is 1. The van der Waals surface area contributed by atoms with Crippen molar-refractivity contribution in [3.05, 3.63) is 53.6 Å². The first kappa shape index (κ1) is 11.6. The topological polar surface area (TPSA) is 72.5 Å². The van der Waals surface area contributed by atoms with Crippen molar-refractivity contribution in [2.24, 2.45) is 0 Å². The van der Waals surface area contributed by atoms with E-state index in [4.69, 9.17) is 15.6 Å². The number of fused-ring (bicyclic) bond motifs is 3. The van der Waals surface area contributed by atoms with Crippen LogP contribution in [0.25, 0.3) is 11.1 Å². The van der Waals surface area contributed by atoms with Crippen LogP contribution in [0, 0.1) is 0 Å². The van der Waals surface area contributed by atoms with Gasteiger partial charge in [0, 0.05) is 11.6 Å². The lowest BCUT2D eigenvalue weighted by Gasteiger charge is -2.12. The quantitative estimate of drug-likeness (QED) is 0.639. The number of hydrogen-bond donors (Lipinski definition) is 2. The Morgan fingerprint density at radius 3 is 2.68 bits per heavy atom. The predicted octanol–water partition coefficient (Wildman–Crippen LogP) is 3.08. The zero-order valence-electron chi connectivity index (χ0n) is 10.2. The van der Waals surface area contributed by atoms with Gasteiger partial charge in [-0.25, -0.2) is 4.79 Å². The molecule has 4 nitrogen and oxygen atoms in total. The van der Waals surface area contributed by atoms with E-state index in [0.717, 1.165) is 22.3 Å². The summed E-state index contributed by atoms with van der Waals surface area (Å²) in [6, 6.07) is 13.7. The molecular weight excluding hydrogens is 242 g/mol. The molecule has 1 unspecified atom stereocenters. The first-order valence-electron chi connectivity index (χ1n) is 6.01. The van der Waals surface area contributed by atoms with E-state index in [1.54, 1.807) is 0 Å². The molecule has 0 amide bonds. The van der Waals surface area contributed by atoms with Gasteiger partial charge in [0.2, 0.25) is 0 Å². The number of nitrogen functional groups attached to an aromatic ring is 1. The monoisotopic (exact) mass is 255 g/mol. The first-order chi connectivity index (χ1) is 9.16. The molecule has 1 aliphatic rings. The largest absolute Gasteiger partial charge is 0.505 e. The second-order valence-corrected chi connectivity index (χ2v) is 4.56. The maximum atomic E-state index is 10.6. The summed E-state index contributed by atoms with van der Waals surface area (Å²) in [5.41, 5.74) is 10.8. The summed E-state index contributed by atoms with van der Waals surface area (Å²) in [6.07, 6.45) is -1.25. The Kier molecular flexibility index (Phi) is 2.63. The molecule has 2 aromatic carbocycles. The van der Waals surface area contributed by atoms with Crippen molar-refractivity contribution in [3.63, 3.8) is 0 Å². The molecule has 4 heteroatoms. The fourth-order valence-electron chi connectivity index (χ4n) is 2.66. The van der Waals surface area contributed by atoms with Crippen molar-refractivity contribution >= 4 is 11.8 Å². The van der Waals surface area contributed by atoms with Crippen LogP contribution < -0.4 is 5.73 Å². The Bertz CT molecular complexity index is 652. The van der Waals surface area contributed by atoms with Gasteiger partial charge >= 0.3 is 6.16 Å². The van der Waals surface area contributed by atoms with E-state index in [-0.39, 0.29) is 12.5 Å². The Hall–Kier alpha value is -2.49. The normalized spacial score (nSPS) is 15.7. The molecule has 0 bridgehead atoms. The summed E-state index contributed by atoms with van der Waals surface area (Å²) < 4.78 is 4.76. The number of benzene rings is 2. The van der Waals surface area contributed by atoms with Crippen LogP contribution in [0.15, 0.2) is 42.5 Å². The van der Waals surface area contributed by atoms with Crippen LogP contribution in [0.3, 0.4) is 0 Å². The molecule has 19 heavy (non-hydrogen) atoms. The third kappa shape index (κ3) is 1.91.